The molecule has 2 aliphatic rings. The van der Waals surface area contributed by atoms with Crippen LogP contribution in [0.15, 0.2) is 12.2 Å². The van der Waals surface area contributed by atoms with Crippen molar-refractivity contribution in [3.05, 3.63) is 12.2 Å². The van der Waals surface area contributed by atoms with Crippen LogP contribution in [0.25, 0.3) is 0 Å². The first-order valence-electron chi connectivity index (χ1n) is 6.87. The number of carboxylic acid groups (broad SMARTS) is 1. The van der Waals surface area contributed by atoms with Gasteiger partial charge in [-0.05, 0) is 32.1 Å². The Morgan fingerprint density at radius 1 is 1.28 bits per heavy atom. The average molecular weight is 254 g/mol. The summed E-state index contributed by atoms with van der Waals surface area (Å²) < 4.78 is 5.81. The minimum atomic E-state index is -0.721. The van der Waals surface area contributed by atoms with E-state index in [-0.39, 0.29) is 25.0 Å². The van der Waals surface area contributed by atoms with Crippen molar-refractivity contribution in [2.75, 3.05) is 6.61 Å². The zero-order valence-corrected chi connectivity index (χ0v) is 10.6. The van der Waals surface area contributed by atoms with Gasteiger partial charge in [0.25, 0.3) is 0 Å². The highest BCUT2D eigenvalue weighted by Gasteiger charge is 2.47. The van der Waals surface area contributed by atoms with E-state index in [0.29, 0.717) is 12.0 Å². The molecule has 2 saturated heterocycles. The molecule has 0 aromatic heterocycles. The second-order valence-corrected chi connectivity index (χ2v) is 5.28. The van der Waals surface area contributed by atoms with Gasteiger partial charge in [-0.25, -0.2) is 0 Å². The minimum Gasteiger partial charge on any atom is -0.481 e. The molecule has 4 atom stereocenters. The van der Waals surface area contributed by atoms with Gasteiger partial charge in [-0.1, -0.05) is 12.2 Å². The Hall–Kier alpha value is -0.870. The van der Waals surface area contributed by atoms with Crippen LogP contribution in [-0.2, 0) is 9.53 Å². The molecule has 2 rings (SSSR count). The van der Waals surface area contributed by atoms with E-state index in [1.54, 1.807) is 0 Å². The van der Waals surface area contributed by atoms with E-state index in [9.17, 15) is 9.90 Å². The van der Waals surface area contributed by atoms with Crippen LogP contribution < -0.4 is 0 Å². The second kappa shape index (κ2) is 6.34. The third-order valence-electron chi connectivity index (χ3n) is 4.07. The van der Waals surface area contributed by atoms with Crippen LogP contribution in [0.3, 0.4) is 0 Å². The van der Waals surface area contributed by atoms with Gasteiger partial charge in [-0.3, -0.25) is 4.79 Å². The van der Waals surface area contributed by atoms with E-state index < -0.39 is 5.97 Å². The number of ether oxygens (including phenoxy) is 1. The van der Waals surface area contributed by atoms with Gasteiger partial charge >= 0.3 is 5.97 Å². The van der Waals surface area contributed by atoms with Crippen LogP contribution in [0.1, 0.15) is 38.5 Å². The summed E-state index contributed by atoms with van der Waals surface area (Å²) >= 11 is 0. The Balaban J connectivity index is 1.70. The highest BCUT2D eigenvalue weighted by Crippen LogP contribution is 2.43. The van der Waals surface area contributed by atoms with Crippen LogP contribution in [-0.4, -0.2) is 35.0 Å². The normalized spacial score (nSPS) is 34.5. The Morgan fingerprint density at radius 2 is 2.06 bits per heavy atom. The highest BCUT2D eigenvalue weighted by molar-refractivity contribution is 5.66. The largest absolute Gasteiger partial charge is 0.481 e. The van der Waals surface area contributed by atoms with Gasteiger partial charge in [-0.2, -0.15) is 0 Å². The third-order valence-corrected chi connectivity index (χ3v) is 4.07. The number of hydrogen-bond acceptors (Lipinski definition) is 3. The Morgan fingerprint density at radius 3 is 2.78 bits per heavy atom. The predicted octanol–water partition coefficient (Wildman–Crippen LogP) is 1.97. The number of allylic oxidation sites excluding steroid dienone is 1. The summed E-state index contributed by atoms with van der Waals surface area (Å²) in [7, 11) is 0. The fraction of sp³-hybridized carbons (Fsp3) is 0.786. The summed E-state index contributed by atoms with van der Waals surface area (Å²) in [5.41, 5.74) is 0. The zero-order valence-electron chi connectivity index (χ0n) is 10.6. The number of aliphatic hydroxyl groups excluding tert-OH is 1. The number of hydrogen-bond donors (Lipinski definition) is 2. The first-order valence-corrected chi connectivity index (χ1v) is 6.87. The van der Waals surface area contributed by atoms with Crippen LogP contribution >= 0.6 is 0 Å². The maximum atomic E-state index is 10.3. The van der Waals surface area contributed by atoms with E-state index in [4.69, 9.17) is 9.84 Å². The van der Waals surface area contributed by atoms with E-state index in [2.05, 4.69) is 12.2 Å². The maximum Gasteiger partial charge on any atom is 0.303 e. The molecule has 0 amide bonds. The number of carbonyl (C=O) groups is 1. The van der Waals surface area contributed by atoms with Gasteiger partial charge in [0.15, 0.2) is 0 Å². The fourth-order valence-corrected chi connectivity index (χ4v) is 3.11. The molecule has 18 heavy (non-hydrogen) atoms. The number of rotatable bonds is 7. The molecule has 0 aromatic carbocycles. The summed E-state index contributed by atoms with van der Waals surface area (Å²) in [6, 6.07) is 0. The molecule has 0 radical (unpaired) electrons. The Bertz CT molecular complexity index is 313. The summed E-state index contributed by atoms with van der Waals surface area (Å²) in [5, 5.41) is 17.9. The zero-order chi connectivity index (χ0) is 13.0. The van der Waals surface area contributed by atoms with Crippen molar-refractivity contribution in [2.24, 2.45) is 11.8 Å². The molecule has 2 N–H and O–H groups in total. The summed E-state index contributed by atoms with van der Waals surface area (Å²) in [6.45, 7) is 0.204. The quantitative estimate of drug-likeness (QED) is 0.538. The van der Waals surface area contributed by atoms with Crippen LogP contribution in [0.2, 0.25) is 0 Å². The Kier molecular flexibility index (Phi) is 4.78. The van der Waals surface area contributed by atoms with Crippen molar-refractivity contribution in [3.8, 4) is 0 Å². The lowest BCUT2D eigenvalue weighted by molar-refractivity contribution is -0.137. The maximum absolute atomic E-state index is 10.3. The smallest absolute Gasteiger partial charge is 0.303 e. The first kappa shape index (κ1) is 13.6. The summed E-state index contributed by atoms with van der Waals surface area (Å²) in [6.07, 6.45) is 9.84. The molecule has 0 aliphatic carbocycles. The number of fused-ring (bicyclic) bond motifs is 2. The molecule has 0 spiro atoms. The molecule has 0 aromatic rings. The van der Waals surface area contributed by atoms with Crippen LogP contribution in [0.5, 0.6) is 0 Å². The van der Waals surface area contributed by atoms with Gasteiger partial charge in [-0.15, -0.1) is 0 Å². The number of carboxylic acids is 1. The number of unbranched alkanes of at least 4 members (excludes halogenated alkanes) is 2. The number of aliphatic hydroxyl groups is 1. The molecule has 4 nitrogen and oxygen atoms in total. The van der Waals surface area contributed by atoms with E-state index >= 15 is 0 Å². The molecule has 2 aliphatic heterocycles. The first-order chi connectivity index (χ1) is 8.72. The van der Waals surface area contributed by atoms with Gasteiger partial charge < -0.3 is 14.9 Å². The van der Waals surface area contributed by atoms with Crippen LogP contribution in [0.4, 0.5) is 0 Å². The van der Waals surface area contributed by atoms with Crippen molar-refractivity contribution in [1.29, 1.82) is 0 Å². The molecule has 0 unspecified atom stereocenters. The minimum absolute atomic E-state index is 0.204. The lowest BCUT2D eigenvalue weighted by atomic mass is 9.79. The molecule has 2 heterocycles. The molecule has 2 bridgehead atoms. The molecule has 4 heteroatoms. The highest BCUT2D eigenvalue weighted by atomic mass is 16.5. The summed E-state index contributed by atoms with van der Waals surface area (Å²) in [4.78, 5) is 10.3. The number of aliphatic carboxylic acids is 1. The van der Waals surface area contributed by atoms with E-state index in [1.165, 1.54) is 0 Å². The van der Waals surface area contributed by atoms with Crippen molar-refractivity contribution >= 4 is 5.97 Å². The third kappa shape index (κ3) is 3.12. The van der Waals surface area contributed by atoms with Gasteiger partial charge in [0.2, 0.25) is 0 Å². The molecule has 2 fully saturated rings. The molecule has 0 saturated carbocycles. The second-order valence-electron chi connectivity index (χ2n) is 5.28. The monoisotopic (exact) mass is 254 g/mol. The van der Waals surface area contributed by atoms with Crippen molar-refractivity contribution < 1.29 is 19.7 Å². The van der Waals surface area contributed by atoms with Crippen molar-refractivity contribution in [1.82, 2.24) is 0 Å². The van der Waals surface area contributed by atoms with Gasteiger partial charge in [0.1, 0.15) is 0 Å². The van der Waals surface area contributed by atoms with Crippen molar-refractivity contribution in [2.45, 2.75) is 50.7 Å². The van der Waals surface area contributed by atoms with Gasteiger partial charge in [0, 0.05) is 24.9 Å². The van der Waals surface area contributed by atoms with E-state index in [0.717, 1.165) is 32.1 Å². The fourth-order valence-electron chi connectivity index (χ4n) is 3.11. The predicted molar refractivity (Wildman–Crippen MR) is 67.2 cm³/mol. The molecule has 102 valence electrons. The topological polar surface area (TPSA) is 66.8 Å². The van der Waals surface area contributed by atoms with E-state index in [1.807, 2.05) is 0 Å². The Labute approximate surface area is 108 Å². The lowest BCUT2D eigenvalue weighted by Gasteiger charge is -2.23. The molecular formula is C14H22O4. The average Bonchev–Trinajstić information content (AvgIpc) is 2.93. The van der Waals surface area contributed by atoms with Crippen molar-refractivity contribution in [3.63, 3.8) is 0 Å². The summed E-state index contributed by atoms with van der Waals surface area (Å²) in [5.74, 6) is -0.104. The SMILES string of the molecule is O=C(O)CCCC/C=C\[C@H]1[C@H](CO)[C@@H]2CC[C@H]1O2. The lowest BCUT2D eigenvalue weighted by Crippen LogP contribution is -2.28. The standard InChI is InChI=1S/C14H22O4/c15-9-11-10(12-7-8-13(11)18-12)5-3-1-2-4-6-14(16)17/h3,5,10-13,15H,1-2,4,6-9H2,(H,16,17)/b5-3-/t10-,11-,12+,13-/m0/s1. The van der Waals surface area contributed by atoms with Gasteiger partial charge in [0.05, 0.1) is 12.2 Å². The molecular weight excluding hydrogens is 232 g/mol. The van der Waals surface area contributed by atoms with Crippen LogP contribution in [0, 0.1) is 11.8 Å².